The molecule has 146 valence electrons. The van der Waals surface area contributed by atoms with Crippen molar-refractivity contribution in [3.05, 3.63) is 35.9 Å². The summed E-state index contributed by atoms with van der Waals surface area (Å²) < 4.78 is 0. The van der Waals surface area contributed by atoms with Gasteiger partial charge in [-0.2, -0.15) is 5.10 Å². The van der Waals surface area contributed by atoms with Crippen molar-refractivity contribution in [2.75, 3.05) is 13.1 Å². The van der Waals surface area contributed by atoms with Crippen LogP contribution in [-0.4, -0.2) is 23.8 Å². The molecule has 27 heavy (non-hydrogen) atoms. The quantitative estimate of drug-likeness (QED) is 0.523. The number of hydrogen-bond acceptors (Lipinski definition) is 2. The number of hydrazone groups is 1. The van der Waals surface area contributed by atoms with Crippen LogP contribution in [0, 0.1) is 23.2 Å². The monoisotopic (exact) mass is 364 g/mol. The van der Waals surface area contributed by atoms with E-state index in [9.17, 15) is 0 Å². The summed E-state index contributed by atoms with van der Waals surface area (Å²) in [5.74, 6) is 3.64. The van der Waals surface area contributed by atoms with Crippen LogP contribution in [0.1, 0.15) is 82.6 Å². The van der Waals surface area contributed by atoms with E-state index < -0.39 is 0 Å². The van der Waals surface area contributed by atoms with Crippen LogP contribution in [0.2, 0.25) is 0 Å². The summed E-state index contributed by atoms with van der Waals surface area (Å²) in [6.45, 7) is 4.65. The number of rotatable bonds is 7. The zero-order valence-electron chi connectivity index (χ0n) is 17.1. The molecule has 1 atom stereocenters. The summed E-state index contributed by atoms with van der Waals surface area (Å²) in [5.41, 5.74) is 3.53. The van der Waals surface area contributed by atoms with Crippen molar-refractivity contribution in [3.63, 3.8) is 0 Å². The molecule has 5 aliphatic rings. The van der Waals surface area contributed by atoms with Gasteiger partial charge in [0.25, 0.3) is 0 Å². The molecule has 0 amide bonds. The predicted octanol–water partition coefficient (Wildman–Crippen LogP) is 6.24. The van der Waals surface area contributed by atoms with Crippen LogP contribution >= 0.6 is 0 Å². The molecule has 0 N–H and O–H groups in total. The molecule has 1 aliphatic heterocycles. The Morgan fingerprint density at radius 3 is 2.26 bits per heavy atom. The Hall–Kier alpha value is -1.31. The Morgan fingerprint density at radius 2 is 1.63 bits per heavy atom. The van der Waals surface area contributed by atoms with Gasteiger partial charge in [-0.25, -0.2) is 0 Å². The Labute approximate surface area is 165 Å². The third-order valence-corrected chi connectivity index (χ3v) is 7.99. The van der Waals surface area contributed by atoms with E-state index in [1.165, 1.54) is 82.0 Å². The molecule has 1 aromatic carbocycles. The second-order valence-electron chi connectivity index (χ2n) is 10.3. The average Bonchev–Trinajstić information content (AvgIpc) is 3.03. The molecule has 2 nitrogen and oxygen atoms in total. The molecule has 1 heterocycles. The number of hydrogen-bond donors (Lipinski definition) is 0. The number of nitrogens with zero attached hydrogens (tertiary/aromatic N) is 2. The summed E-state index contributed by atoms with van der Waals surface area (Å²) in [4.78, 5) is 0. The van der Waals surface area contributed by atoms with Gasteiger partial charge in [-0.3, -0.25) is 5.01 Å². The Kier molecular flexibility index (Phi) is 4.78. The van der Waals surface area contributed by atoms with E-state index in [1.54, 1.807) is 0 Å². The van der Waals surface area contributed by atoms with E-state index in [-0.39, 0.29) is 0 Å². The lowest BCUT2D eigenvalue weighted by Gasteiger charge is -2.57. The standard InChI is InChI=1S/C25H36N2/c1-2-3-5-10-24-23(22-8-6-4-7-9-22)17-27(26-24)18-25-14-19-11-20(15-25)13-21(12-19)16-25/h4,6-9,19-21,23H,2-3,5,10-18H2,1H3. The van der Waals surface area contributed by atoms with Crippen LogP contribution in [0.25, 0.3) is 0 Å². The lowest BCUT2D eigenvalue weighted by molar-refractivity contribution is -0.0679. The predicted molar refractivity (Wildman–Crippen MR) is 113 cm³/mol. The normalized spacial score (nSPS) is 37.1. The third kappa shape index (κ3) is 3.57. The van der Waals surface area contributed by atoms with Gasteiger partial charge in [0.2, 0.25) is 0 Å². The van der Waals surface area contributed by atoms with Crippen molar-refractivity contribution in [1.82, 2.24) is 5.01 Å². The largest absolute Gasteiger partial charge is 0.296 e. The number of unbranched alkanes of at least 4 members (excludes halogenated alkanes) is 2. The van der Waals surface area contributed by atoms with Crippen molar-refractivity contribution >= 4 is 5.71 Å². The van der Waals surface area contributed by atoms with E-state index in [2.05, 4.69) is 42.3 Å². The lowest BCUT2D eigenvalue weighted by Crippen LogP contribution is -2.50. The second kappa shape index (κ2) is 7.26. The SMILES string of the molecule is CCCCCC1=NN(CC23CC4CC(CC(C4)C2)C3)CC1c1ccccc1. The molecule has 6 rings (SSSR count). The summed E-state index contributed by atoms with van der Waals surface area (Å²) in [6, 6.07) is 11.2. The molecule has 1 unspecified atom stereocenters. The van der Waals surface area contributed by atoms with Crippen LogP contribution in [0.4, 0.5) is 0 Å². The van der Waals surface area contributed by atoms with E-state index in [4.69, 9.17) is 5.10 Å². The van der Waals surface area contributed by atoms with Crippen LogP contribution in [0.15, 0.2) is 35.4 Å². The molecule has 4 aliphatic carbocycles. The van der Waals surface area contributed by atoms with Gasteiger partial charge in [0, 0.05) is 24.7 Å². The molecule has 0 radical (unpaired) electrons. The van der Waals surface area contributed by atoms with Crippen molar-refractivity contribution in [2.24, 2.45) is 28.3 Å². The van der Waals surface area contributed by atoms with Crippen molar-refractivity contribution < 1.29 is 0 Å². The van der Waals surface area contributed by atoms with E-state index in [0.29, 0.717) is 11.3 Å². The smallest absolute Gasteiger partial charge is 0.0482 e. The fourth-order valence-corrected chi connectivity index (χ4v) is 7.34. The summed E-state index contributed by atoms with van der Waals surface area (Å²) in [6.07, 6.45) is 14.2. The summed E-state index contributed by atoms with van der Waals surface area (Å²) >= 11 is 0. The van der Waals surface area contributed by atoms with Crippen LogP contribution in [-0.2, 0) is 0 Å². The minimum absolute atomic E-state index is 0.525. The van der Waals surface area contributed by atoms with E-state index >= 15 is 0 Å². The maximum absolute atomic E-state index is 5.24. The van der Waals surface area contributed by atoms with Gasteiger partial charge >= 0.3 is 0 Å². The molecular weight excluding hydrogens is 328 g/mol. The van der Waals surface area contributed by atoms with Crippen molar-refractivity contribution in [2.45, 2.75) is 77.0 Å². The maximum atomic E-state index is 5.24. The van der Waals surface area contributed by atoms with E-state index in [0.717, 1.165) is 24.3 Å². The highest BCUT2D eigenvalue weighted by Crippen LogP contribution is 2.60. The van der Waals surface area contributed by atoms with Gasteiger partial charge in [0.05, 0.1) is 0 Å². The molecular formula is C25H36N2. The highest BCUT2D eigenvalue weighted by atomic mass is 15.5. The van der Waals surface area contributed by atoms with Gasteiger partial charge in [-0.1, -0.05) is 50.1 Å². The van der Waals surface area contributed by atoms with Gasteiger partial charge < -0.3 is 0 Å². The molecule has 4 bridgehead atoms. The molecule has 0 saturated heterocycles. The molecule has 2 heteroatoms. The van der Waals surface area contributed by atoms with Crippen LogP contribution < -0.4 is 0 Å². The van der Waals surface area contributed by atoms with E-state index in [1.807, 2.05) is 0 Å². The van der Waals surface area contributed by atoms with Gasteiger partial charge in [-0.15, -0.1) is 0 Å². The Balaban J connectivity index is 1.32. The highest BCUT2D eigenvalue weighted by Gasteiger charge is 2.51. The first-order valence-electron chi connectivity index (χ1n) is 11.6. The van der Waals surface area contributed by atoms with Gasteiger partial charge in [0.1, 0.15) is 0 Å². The topological polar surface area (TPSA) is 15.6 Å². The molecule has 0 spiro atoms. The fraction of sp³-hybridized carbons (Fsp3) is 0.720. The third-order valence-electron chi connectivity index (χ3n) is 7.99. The lowest BCUT2D eigenvalue weighted by atomic mass is 9.49. The van der Waals surface area contributed by atoms with Gasteiger partial charge in [-0.05, 0) is 80.1 Å². The zero-order chi connectivity index (χ0) is 18.3. The fourth-order valence-electron chi connectivity index (χ4n) is 7.34. The Morgan fingerprint density at radius 1 is 0.963 bits per heavy atom. The number of benzene rings is 1. The Bertz CT molecular complexity index is 642. The molecule has 4 saturated carbocycles. The maximum Gasteiger partial charge on any atom is 0.0482 e. The average molecular weight is 365 g/mol. The zero-order valence-corrected chi connectivity index (χ0v) is 17.1. The first-order valence-corrected chi connectivity index (χ1v) is 11.6. The highest BCUT2D eigenvalue weighted by molar-refractivity contribution is 5.92. The summed E-state index contributed by atoms with van der Waals surface area (Å²) in [7, 11) is 0. The first kappa shape index (κ1) is 17.8. The van der Waals surface area contributed by atoms with Crippen LogP contribution in [0.3, 0.4) is 0 Å². The van der Waals surface area contributed by atoms with Gasteiger partial charge in [0.15, 0.2) is 0 Å². The molecule has 1 aromatic rings. The first-order chi connectivity index (χ1) is 13.2. The minimum Gasteiger partial charge on any atom is -0.296 e. The van der Waals surface area contributed by atoms with Crippen molar-refractivity contribution in [1.29, 1.82) is 0 Å². The van der Waals surface area contributed by atoms with Crippen LogP contribution in [0.5, 0.6) is 0 Å². The second-order valence-corrected chi connectivity index (χ2v) is 10.3. The summed E-state index contributed by atoms with van der Waals surface area (Å²) in [5, 5.41) is 7.75. The minimum atomic E-state index is 0.525. The molecule has 4 fully saturated rings. The van der Waals surface area contributed by atoms with Crippen molar-refractivity contribution in [3.8, 4) is 0 Å². The molecule has 0 aromatic heterocycles.